The number of nitrogens with zero attached hydrogens (tertiary/aromatic N) is 1. The molecule has 0 amide bonds. The van der Waals surface area contributed by atoms with Crippen LogP contribution in [0.1, 0.15) is 28.8 Å². The zero-order chi connectivity index (χ0) is 21.4. The van der Waals surface area contributed by atoms with Crippen molar-refractivity contribution in [2.75, 3.05) is 12.4 Å². The summed E-state index contributed by atoms with van der Waals surface area (Å²) in [7, 11) is 1.35. The molecule has 0 saturated carbocycles. The van der Waals surface area contributed by atoms with Gasteiger partial charge < -0.3 is 10.1 Å². The van der Waals surface area contributed by atoms with Gasteiger partial charge in [-0.25, -0.2) is 4.79 Å². The lowest BCUT2D eigenvalue weighted by Gasteiger charge is -2.29. The van der Waals surface area contributed by atoms with E-state index in [9.17, 15) is 14.9 Å². The smallest absolute Gasteiger partial charge is 0.336 e. The van der Waals surface area contributed by atoms with Crippen LogP contribution >= 0.6 is 11.3 Å². The SMILES string of the molecule is COC(=O)C1=C(C)Nc2sc(C)c(-c3ccccc3)c2C1c1cccc([N+](=O)[O-])c1. The number of nitro groups is 1. The number of rotatable bonds is 4. The molecule has 1 N–H and O–H groups in total. The average Bonchev–Trinajstić information content (AvgIpc) is 3.07. The molecule has 7 heteroatoms. The van der Waals surface area contributed by atoms with Crippen molar-refractivity contribution in [2.45, 2.75) is 19.8 Å². The van der Waals surface area contributed by atoms with Crippen LogP contribution in [-0.4, -0.2) is 18.0 Å². The van der Waals surface area contributed by atoms with Crippen molar-refractivity contribution >= 4 is 28.0 Å². The Bertz CT molecular complexity index is 1180. The fraction of sp³-hybridized carbons (Fsp3) is 0.174. The number of hydrogen-bond donors (Lipinski definition) is 1. The highest BCUT2D eigenvalue weighted by Crippen LogP contribution is 2.52. The third kappa shape index (κ3) is 3.27. The highest BCUT2D eigenvalue weighted by Gasteiger charge is 2.37. The normalized spacial score (nSPS) is 15.4. The molecule has 30 heavy (non-hydrogen) atoms. The van der Waals surface area contributed by atoms with Crippen molar-refractivity contribution in [1.29, 1.82) is 0 Å². The van der Waals surface area contributed by atoms with Crippen molar-refractivity contribution in [2.24, 2.45) is 0 Å². The molecule has 4 rings (SSSR count). The maximum absolute atomic E-state index is 12.8. The quantitative estimate of drug-likeness (QED) is 0.336. The van der Waals surface area contributed by atoms with Crippen molar-refractivity contribution in [1.82, 2.24) is 0 Å². The molecule has 1 aliphatic rings. The molecule has 2 heterocycles. The Labute approximate surface area is 178 Å². The van der Waals surface area contributed by atoms with Crippen LogP contribution in [0.3, 0.4) is 0 Å². The van der Waals surface area contributed by atoms with Crippen molar-refractivity contribution in [3.05, 3.63) is 92.0 Å². The number of benzene rings is 2. The number of allylic oxidation sites excluding steroid dienone is 1. The molecule has 0 radical (unpaired) electrons. The Morgan fingerprint density at radius 2 is 1.87 bits per heavy atom. The standard InChI is InChI=1S/C23H20N2O4S/c1-13-18(23(26)29-3)20(16-10-7-11-17(12-16)25(27)28)21-19(14(2)30-22(21)24-13)15-8-5-4-6-9-15/h4-12,20,24H,1-3H3. The molecule has 3 aromatic rings. The van der Waals surface area contributed by atoms with Gasteiger partial charge in [0.2, 0.25) is 0 Å². The van der Waals surface area contributed by atoms with E-state index in [2.05, 4.69) is 5.32 Å². The second-order valence-electron chi connectivity index (χ2n) is 7.08. The van der Waals surface area contributed by atoms with Gasteiger partial charge in [-0.05, 0) is 25.0 Å². The summed E-state index contributed by atoms with van der Waals surface area (Å²) in [6, 6.07) is 16.4. The number of nitro benzene ring substituents is 1. The van der Waals surface area contributed by atoms with E-state index in [0.29, 0.717) is 16.8 Å². The molecule has 1 aromatic heterocycles. The zero-order valence-electron chi connectivity index (χ0n) is 16.8. The summed E-state index contributed by atoms with van der Waals surface area (Å²) in [4.78, 5) is 24.9. The van der Waals surface area contributed by atoms with Crippen LogP contribution in [0.4, 0.5) is 10.7 Å². The number of ether oxygens (including phenoxy) is 1. The Balaban J connectivity index is 2.02. The highest BCUT2D eigenvalue weighted by molar-refractivity contribution is 7.16. The van der Waals surface area contributed by atoms with Crippen LogP contribution in [0, 0.1) is 17.0 Å². The number of non-ortho nitro benzene ring substituents is 1. The molecule has 1 atom stereocenters. The zero-order valence-corrected chi connectivity index (χ0v) is 17.6. The van der Waals surface area contributed by atoms with Gasteiger partial charge in [0.15, 0.2) is 0 Å². The van der Waals surface area contributed by atoms with E-state index < -0.39 is 16.8 Å². The molecule has 0 spiro atoms. The van der Waals surface area contributed by atoms with Gasteiger partial charge in [-0.15, -0.1) is 11.3 Å². The first-order valence-electron chi connectivity index (χ1n) is 9.41. The molecule has 0 bridgehead atoms. The van der Waals surface area contributed by atoms with Gasteiger partial charge in [-0.2, -0.15) is 0 Å². The third-order valence-electron chi connectivity index (χ3n) is 5.29. The Kier molecular flexibility index (Phi) is 5.13. The lowest BCUT2D eigenvalue weighted by Crippen LogP contribution is -2.23. The summed E-state index contributed by atoms with van der Waals surface area (Å²) in [5.41, 5.74) is 4.83. The van der Waals surface area contributed by atoms with Crippen LogP contribution in [-0.2, 0) is 9.53 Å². The number of aryl methyl sites for hydroxylation is 1. The summed E-state index contributed by atoms with van der Waals surface area (Å²) in [5, 5.41) is 15.7. The minimum Gasteiger partial charge on any atom is -0.466 e. The number of hydrogen-bond acceptors (Lipinski definition) is 6. The largest absolute Gasteiger partial charge is 0.466 e. The first-order chi connectivity index (χ1) is 14.4. The highest BCUT2D eigenvalue weighted by atomic mass is 32.1. The molecular formula is C23H20N2O4S. The summed E-state index contributed by atoms with van der Waals surface area (Å²) < 4.78 is 5.09. The van der Waals surface area contributed by atoms with Gasteiger partial charge in [0, 0.05) is 39.8 Å². The van der Waals surface area contributed by atoms with Crippen molar-refractivity contribution in [3.8, 4) is 11.1 Å². The van der Waals surface area contributed by atoms with Crippen LogP contribution in [0.15, 0.2) is 65.9 Å². The van der Waals surface area contributed by atoms with Crippen molar-refractivity contribution < 1.29 is 14.5 Å². The molecule has 0 fully saturated rings. The number of fused-ring (bicyclic) bond motifs is 1. The number of thiophene rings is 1. The molecule has 1 aliphatic heterocycles. The van der Waals surface area contributed by atoms with E-state index in [4.69, 9.17) is 4.74 Å². The average molecular weight is 420 g/mol. The summed E-state index contributed by atoms with van der Waals surface area (Å²) in [6.07, 6.45) is 0. The fourth-order valence-electron chi connectivity index (χ4n) is 4.02. The Hall–Kier alpha value is -3.45. The van der Waals surface area contributed by atoms with Crippen LogP contribution in [0.25, 0.3) is 11.1 Å². The van der Waals surface area contributed by atoms with E-state index in [1.54, 1.807) is 17.4 Å². The monoisotopic (exact) mass is 420 g/mol. The lowest BCUT2D eigenvalue weighted by molar-refractivity contribution is -0.384. The van der Waals surface area contributed by atoms with E-state index in [0.717, 1.165) is 26.6 Å². The van der Waals surface area contributed by atoms with Gasteiger partial charge in [0.1, 0.15) is 0 Å². The summed E-state index contributed by atoms with van der Waals surface area (Å²) >= 11 is 1.61. The molecule has 6 nitrogen and oxygen atoms in total. The first kappa shape index (κ1) is 19.8. The first-order valence-corrected chi connectivity index (χ1v) is 10.2. The molecule has 152 valence electrons. The van der Waals surface area contributed by atoms with Gasteiger partial charge in [0.05, 0.1) is 22.6 Å². The van der Waals surface area contributed by atoms with Gasteiger partial charge >= 0.3 is 5.97 Å². The minimum atomic E-state index is -0.478. The van der Waals surface area contributed by atoms with Crippen LogP contribution < -0.4 is 5.32 Å². The number of anilines is 1. The second-order valence-corrected chi connectivity index (χ2v) is 8.31. The van der Waals surface area contributed by atoms with Crippen molar-refractivity contribution in [3.63, 3.8) is 0 Å². The second kappa shape index (κ2) is 7.76. The van der Waals surface area contributed by atoms with Gasteiger partial charge in [-0.3, -0.25) is 10.1 Å². The Morgan fingerprint density at radius 3 is 2.53 bits per heavy atom. The van der Waals surface area contributed by atoms with Gasteiger partial charge in [0.25, 0.3) is 5.69 Å². The predicted octanol–water partition coefficient (Wildman–Crippen LogP) is 5.64. The van der Waals surface area contributed by atoms with Gasteiger partial charge in [-0.1, -0.05) is 42.5 Å². The maximum atomic E-state index is 12.8. The third-order valence-corrected chi connectivity index (χ3v) is 6.32. The van der Waals surface area contributed by atoms with E-state index >= 15 is 0 Å². The molecule has 1 unspecified atom stereocenters. The van der Waals surface area contributed by atoms with Crippen LogP contribution in [0.5, 0.6) is 0 Å². The maximum Gasteiger partial charge on any atom is 0.336 e. The van der Waals surface area contributed by atoms with Crippen LogP contribution in [0.2, 0.25) is 0 Å². The number of carbonyl (C=O) groups excluding carboxylic acids is 1. The fourth-order valence-corrected chi connectivity index (χ4v) is 5.19. The van der Waals surface area contributed by atoms with E-state index in [-0.39, 0.29) is 5.69 Å². The molecule has 0 saturated heterocycles. The summed E-state index contributed by atoms with van der Waals surface area (Å²) in [6.45, 7) is 3.88. The molecule has 0 aliphatic carbocycles. The number of nitrogens with one attached hydrogen (secondary N) is 1. The van der Waals surface area contributed by atoms with E-state index in [1.165, 1.54) is 19.2 Å². The lowest BCUT2D eigenvalue weighted by atomic mass is 9.79. The predicted molar refractivity (Wildman–Crippen MR) is 118 cm³/mol. The number of carbonyl (C=O) groups is 1. The number of methoxy groups -OCH3 is 1. The minimum absolute atomic E-state index is 0.0114. The van der Waals surface area contributed by atoms with E-state index in [1.807, 2.05) is 50.2 Å². The Morgan fingerprint density at radius 1 is 1.13 bits per heavy atom. The number of esters is 1. The molecule has 2 aromatic carbocycles. The molecular weight excluding hydrogens is 400 g/mol. The topological polar surface area (TPSA) is 81.5 Å². The summed E-state index contributed by atoms with van der Waals surface area (Å²) in [5.74, 6) is -0.932.